The molecule has 5 rings (SSSR count). The molecule has 3 heterocycles. The van der Waals surface area contributed by atoms with Gasteiger partial charge in [-0.3, -0.25) is 14.7 Å². The molecule has 2 N–H and O–H groups in total. The molecule has 8 nitrogen and oxygen atoms in total. The first-order valence-electron chi connectivity index (χ1n) is 10.1. The normalized spacial score (nSPS) is 13.4. The van der Waals surface area contributed by atoms with Gasteiger partial charge in [-0.2, -0.15) is 20.5 Å². The first-order valence-corrected chi connectivity index (χ1v) is 10.5. The molecule has 1 aliphatic heterocycles. The molecular weight excluding hydrogens is 435 g/mol. The fraction of sp³-hybridized carbons (Fsp3) is 0.227. The molecule has 162 valence electrons. The summed E-state index contributed by atoms with van der Waals surface area (Å²) >= 11 is 5.78. The molecule has 2 aromatic carbocycles. The number of rotatable bonds is 5. The topological polar surface area (TPSA) is 108 Å². The summed E-state index contributed by atoms with van der Waals surface area (Å²) in [5.41, 5.74) is 4.21. The molecule has 0 unspecified atom stereocenters. The Morgan fingerprint density at radius 2 is 1.94 bits per heavy atom. The number of nitrogens with zero attached hydrogens (tertiary/aromatic N) is 4. The van der Waals surface area contributed by atoms with Crippen LogP contribution in [-0.2, 0) is 19.4 Å². The van der Waals surface area contributed by atoms with Crippen LogP contribution in [0.1, 0.15) is 44.1 Å². The lowest BCUT2D eigenvalue weighted by molar-refractivity contribution is 0.0732. The van der Waals surface area contributed by atoms with E-state index in [1.807, 2.05) is 0 Å². The number of hydrogen-bond donors (Lipinski definition) is 2. The summed E-state index contributed by atoms with van der Waals surface area (Å²) in [6, 6.07) is 9.61. The van der Waals surface area contributed by atoms with E-state index in [4.69, 9.17) is 11.6 Å². The van der Waals surface area contributed by atoms with Crippen LogP contribution in [-0.4, -0.2) is 48.7 Å². The minimum atomic E-state index is -0.424. The Hall–Kier alpha value is -3.59. The van der Waals surface area contributed by atoms with Crippen LogP contribution < -0.4 is 0 Å². The number of aromatic amines is 2. The number of fused-ring (bicyclic) bond motifs is 2. The first kappa shape index (κ1) is 20.3. The second-order valence-electron chi connectivity index (χ2n) is 7.69. The standard InChI is InChI=1S/C22H18ClFN6O2/c23-14-4-1-12(16(24)10-14)3-6-20(31)21-15-7-8-30(11-19(15)25-28-21)22(32)13-2-5-17-18(9-13)27-29-26-17/h1-2,4-5,9-10H,3,6-8,11H2,(H,25,28)(H,26,27,29). The van der Waals surface area contributed by atoms with Crippen molar-refractivity contribution in [2.24, 2.45) is 0 Å². The van der Waals surface area contributed by atoms with Gasteiger partial charge in [-0.1, -0.05) is 17.7 Å². The number of hydrogen-bond acceptors (Lipinski definition) is 5. The Balaban J connectivity index is 1.28. The van der Waals surface area contributed by atoms with Crippen LogP contribution in [0, 0.1) is 5.82 Å². The molecular formula is C22H18ClFN6O2. The number of ketones is 1. The summed E-state index contributed by atoms with van der Waals surface area (Å²) in [7, 11) is 0. The maximum absolute atomic E-state index is 14.0. The molecule has 10 heteroatoms. The Kier molecular flexibility index (Phi) is 5.18. The number of amides is 1. The quantitative estimate of drug-likeness (QED) is 0.451. The monoisotopic (exact) mass is 452 g/mol. The van der Waals surface area contributed by atoms with Crippen LogP contribution >= 0.6 is 11.6 Å². The maximum Gasteiger partial charge on any atom is 0.254 e. The largest absolute Gasteiger partial charge is 0.332 e. The molecule has 0 bridgehead atoms. The zero-order valence-corrected chi connectivity index (χ0v) is 17.6. The summed E-state index contributed by atoms with van der Waals surface area (Å²) in [5.74, 6) is -0.707. The fourth-order valence-corrected chi connectivity index (χ4v) is 4.13. The van der Waals surface area contributed by atoms with Crippen LogP contribution in [0.4, 0.5) is 4.39 Å². The van der Waals surface area contributed by atoms with Crippen LogP contribution in [0.25, 0.3) is 11.0 Å². The molecule has 0 radical (unpaired) electrons. The van der Waals surface area contributed by atoms with E-state index in [2.05, 4.69) is 25.6 Å². The molecule has 0 saturated carbocycles. The van der Waals surface area contributed by atoms with Crippen molar-refractivity contribution in [3.63, 3.8) is 0 Å². The van der Waals surface area contributed by atoms with E-state index < -0.39 is 5.82 Å². The van der Waals surface area contributed by atoms with Crippen molar-refractivity contribution < 1.29 is 14.0 Å². The predicted octanol–water partition coefficient (Wildman–Crippen LogP) is 3.49. The average Bonchev–Trinajstić information content (AvgIpc) is 3.43. The highest BCUT2D eigenvalue weighted by molar-refractivity contribution is 6.30. The van der Waals surface area contributed by atoms with E-state index in [-0.39, 0.29) is 24.5 Å². The molecule has 1 aliphatic rings. The van der Waals surface area contributed by atoms with Gasteiger partial charge in [-0.25, -0.2) is 4.39 Å². The SMILES string of the molecule is O=C(CCc1ccc(Cl)cc1F)c1n[nH]c2c1CCN(C(=O)c1ccc3n[nH]nc3c1)C2. The van der Waals surface area contributed by atoms with Crippen LogP contribution in [0.5, 0.6) is 0 Å². The van der Waals surface area contributed by atoms with E-state index in [1.54, 1.807) is 35.2 Å². The highest BCUT2D eigenvalue weighted by Crippen LogP contribution is 2.24. The molecule has 0 fully saturated rings. The van der Waals surface area contributed by atoms with Crippen LogP contribution in [0.3, 0.4) is 0 Å². The summed E-state index contributed by atoms with van der Waals surface area (Å²) in [5, 5.41) is 18.0. The van der Waals surface area contributed by atoms with Gasteiger partial charge in [0.2, 0.25) is 0 Å². The molecule has 2 aromatic heterocycles. The Labute approximate surface area is 186 Å². The molecule has 0 spiro atoms. The third-order valence-corrected chi connectivity index (χ3v) is 5.92. The summed E-state index contributed by atoms with van der Waals surface area (Å²) in [6.07, 6.45) is 0.912. The summed E-state index contributed by atoms with van der Waals surface area (Å²) in [6.45, 7) is 0.797. The number of benzene rings is 2. The van der Waals surface area contributed by atoms with E-state index in [1.165, 1.54) is 6.07 Å². The minimum absolute atomic E-state index is 0.124. The molecule has 0 atom stereocenters. The van der Waals surface area contributed by atoms with E-state index in [0.29, 0.717) is 52.4 Å². The van der Waals surface area contributed by atoms with Crippen molar-refractivity contribution >= 4 is 34.3 Å². The number of nitrogens with one attached hydrogen (secondary N) is 2. The summed E-state index contributed by atoms with van der Waals surface area (Å²) in [4.78, 5) is 27.4. The van der Waals surface area contributed by atoms with Gasteiger partial charge in [0.05, 0.1) is 12.2 Å². The minimum Gasteiger partial charge on any atom is -0.332 e. The predicted molar refractivity (Wildman–Crippen MR) is 115 cm³/mol. The van der Waals surface area contributed by atoms with Gasteiger partial charge in [0.1, 0.15) is 22.5 Å². The van der Waals surface area contributed by atoms with Gasteiger partial charge in [0, 0.05) is 29.1 Å². The number of aromatic nitrogens is 5. The fourth-order valence-electron chi connectivity index (χ4n) is 3.97. The van der Waals surface area contributed by atoms with E-state index in [9.17, 15) is 14.0 Å². The average molecular weight is 453 g/mol. The molecule has 0 aliphatic carbocycles. The van der Waals surface area contributed by atoms with Crippen molar-refractivity contribution in [2.75, 3.05) is 6.54 Å². The first-order chi connectivity index (χ1) is 15.5. The molecule has 1 amide bonds. The number of halogens is 2. The van der Waals surface area contributed by atoms with E-state index >= 15 is 0 Å². The number of Topliss-reactive ketones (excluding diaryl/α,β-unsaturated/α-hetero) is 1. The van der Waals surface area contributed by atoms with Crippen LogP contribution in [0.2, 0.25) is 5.02 Å². The van der Waals surface area contributed by atoms with Gasteiger partial charge < -0.3 is 4.90 Å². The van der Waals surface area contributed by atoms with Crippen molar-refractivity contribution in [3.05, 3.63) is 75.3 Å². The number of carbonyl (C=O) groups excluding carboxylic acids is 2. The number of aryl methyl sites for hydroxylation is 1. The third kappa shape index (κ3) is 3.75. The zero-order valence-electron chi connectivity index (χ0n) is 16.9. The van der Waals surface area contributed by atoms with Gasteiger partial charge in [0.15, 0.2) is 5.78 Å². The Morgan fingerprint density at radius 3 is 2.78 bits per heavy atom. The van der Waals surface area contributed by atoms with Crippen molar-refractivity contribution in [3.8, 4) is 0 Å². The Morgan fingerprint density at radius 1 is 1.09 bits per heavy atom. The van der Waals surface area contributed by atoms with Crippen molar-refractivity contribution in [1.82, 2.24) is 30.5 Å². The third-order valence-electron chi connectivity index (χ3n) is 5.68. The second-order valence-corrected chi connectivity index (χ2v) is 8.13. The van der Waals surface area contributed by atoms with Crippen molar-refractivity contribution in [2.45, 2.75) is 25.8 Å². The smallest absolute Gasteiger partial charge is 0.254 e. The highest BCUT2D eigenvalue weighted by Gasteiger charge is 2.28. The number of H-pyrrole nitrogens is 2. The molecule has 4 aromatic rings. The lowest BCUT2D eigenvalue weighted by atomic mass is 9.98. The van der Waals surface area contributed by atoms with Crippen molar-refractivity contribution in [1.29, 1.82) is 0 Å². The van der Waals surface area contributed by atoms with Gasteiger partial charge >= 0.3 is 0 Å². The number of carbonyl (C=O) groups is 2. The maximum atomic E-state index is 14.0. The lowest BCUT2D eigenvalue weighted by Crippen LogP contribution is -2.36. The lowest BCUT2D eigenvalue weighted by Gasteiger charge is -2.27. The molecule has 32 heavy (non-hydrogen) atoms. The molecule has 0 saturated heterocycles. The Bertz CT molecular complexity index is 1350. The highest BCUT2D eigenvalue weighted by atomic mass is 35.5. The zero-order chi connectivity index (χ0) is 22.2. The summed E-state index contributed by atoms with van der Waals surface area (Å²) < 4.78 is 14.0. The van der Waals surface area contributed by atoms with Gasteiger partial charge in [-0.15, -0.1) is 0 Å². The van der Waals surface area contributed by atoms with E-state index in [0.717, 1.165) is 11.3 Å². The second kappa shape index (κ2) is 8.16. The van der Waals surface area contributed by atoms with Crippen LogP contribution in [0.15, 0.2) is 36.4 Å². The van der Waals surface area contributed by atoms with Gasteiger partial charge in [0.25, 0.3) is 5.91 Å². The van der Waals surface area contributed by atoms with Gasteiger partial charge in [-0.05, 0) is 48.7 Å².